The summed E-state index contributed by atoms with van der Waals surface area (Å²) in [5.41, 5.74) is 0. The Kier molecular flexibility index (Phi) is 3.21. The average Bonchev–Trinajstić information content (AvgIpc) is 2.61. The summed E-state index contributed by atoms with van der Waals surface area (Å²) in [7, 11) is 0. The molecular weight excluding hydrogens is 210 g/mol. The van der Waals surface area contributed by atoms with E-state index in [1.54, 1.807) is 0 Å². The molecule has 4 nitrogen and oxygen atoms in total. The Labute approximate surface area is 94.6 Å². The molecule has 0 bridgehead atoms. The van der Waals surface area contributed by atoms with Crippen LogP contribution in [0, 0.1) is 4.77 Å². The van der Waals surface area contributed by atoms with Crippen molar-refractivity contribution in [2.45, 2.75) is 38.6 Å². The van der Waals surface area contributed by atoms with E-state index in [9.17, 15) is 0 Å². The van der Waals surface area contributed by atoms with Gasteiger partial charge in [0.2, 0.25) is 0 Å². The lowest BCUT2D eigenvalue weighted by atomic mass is 10.1. The highest BCUT2D eigenvalue weighted by Crippen LogP contribution is 2.24. The molecular formula is C10H17N3OS. The Hall–Kier alpha value is -0.680. The van der Waals surface area contributed by atoms with Gasteiger partial charge in [0.25, 0.3) is 0 Å². The van der Waals surface area contributed by atoms with Crippen LogP contribution >= 0.6 is 12.2 Å². The number of hydrogen-bond acceptors (Lipinski definition) is 3. The molecule has 1 aromatic heterocycles. The predicted octanol–water partition coefficient (Wildman–Crippen LogP) is 2.42. The van der Waals surface area contributed by atoms with Crippen LogP contribution in [-0.2, 0) is 4.74 Å². The molecule has 2 heterocycles. The number of rotatable bonds is 2. The van der Waals surface area contributed by atoms with Crippen molar-refractivity contribution in [1.82, 2.24) is 14.8 Å². The summed E-state index contributed by atoms with van der Waals surface area (Å²) in [6.07, 6.45) is 2.24. The van der Waals surface area contributed by atoms with Gasteiger partial charge in [0, 0.05) is 12.5 Å². The van der Waals surface area contributed by atoms with Crippen molar-refractivity contribution in [1.29, 1.82) is 0 Å². The van der Waals surface area contributed by atoms with Crippen LogP contribution in [0.1, 0.15) is 44.5 Å². The van der Waals surface area contributed by atoms with Gasteiger partial charge in [-0.2, -0.15) is 5.10 Å². The van der Waals surface area contributed by atoms with Gasteiger partial charge in [-0.25, -0.2) is 0 Å². The molecule has 1 fully saturated rings. The highest BCUT2D eigenvalue weighted by molar-refractivity contribution is 7.71. The van der Waals surface area contributed by atoms with E-state index < -0.39 is 0 Å². The van der Waals surface area contributed by atoms with E-state index in [1.807, 2.05) is 0 Å². The zero-order valence-corrected chi connectivity index (χ0v) is 10.0. The summed E-state index contributed by atoms with van der Waals surface area (Å²) in [6.45, 7) is 5.89. The third-order valence-electron chi connectivity index (χ3n) is 2.75. The van der Waals surface area contributed by atoms with E-state index in [1.165, 1.54) is 0 Å². The standard InChI is InChI=1S/C10H17N3OS/c1-7(2)9-11-12-10(15)13(9)8-4-3-5-14-6-8/h7-8H,3-6H2,1-2H3,(H,12,15). The molecule has 84 valence electrons. The summed E-state index contributed by atoms with van der Waals surface area (Å²) >= 11 is 5.26. The van der Waals surface area contributed by atoms with Gasteiger partial charge in [-0.15, -0.1) is 0 Å². The zero-order chi connectivity index (χ0) is 10.8. The Morgan fingerprint density at radius 3 is 3.00 bits per heavy atom. The number of ether oxygens (including phenoxy) is 1. The molecule has 0 aromatic carbocycles. The summed E-state index contributed by atoms with van der Waals surface area (Å²) in [5.74, 6) is 1.43. The fourth-order valence-corrected chi connectivity index (χ4v) is 2.29. The van der Waals surface area contributed by atoms with E-state index >= 15 is 0 Å². The minimum Gasteiger partial charge on any atom is -0.379 e. The van der Waals surface area contributed by atoms with Crippen LogP contribution < -0.4 is 0 Å². The van der Waals surface area contributed by atoms with E-state index in [4.69, 9.17) is 17.0 Å². The molecule has 1 saturated heterocycles. The molecule has 0 spiro atoms. The molecule has 1 aliphatic rings. The molecule has 0 aliphatic carbocycles. The molecule has 2 rings (SSSR count). The van der Waals surface area contributed by atoms with Gasteiger partial charge >= 0.3 is 0 Å². The first-order chi connectivity index (χ1) is 7.20. The maximum atomic E-state index is 5.49. The van der Waals surface area contributed by atoms with Crippen molar-refractivity contribution in [2.75, 3.05) is 13.2 Å². The molecule has 0 radical (unpaired) electrons. The molecule has 1 aromatic rings. The lowest BCUT2D eigenvalue weighted by Gasteiger charge is -2.25. The lowest BCUT2D eigenvalue weighted by molar-refractivity contribution is 0.0574. The Morgan fingerprint density at radius 2 is 2.40 bits per heavy atom. The van der Waals surface area contributed by atoms with Crippen molar-refractivity contribution in [3.8, 4) is 0 Å². The summed E-state index contributed by atoms with van der Waals surface area (Å²) in [6, 6.07) is 0.363. The molecule has 1 aliphatic heterocycles. The molecule has 5 heteroatoms. The van der Waals surface area contributed by atoms with Crippen LogP contribution in [0.2, 0.25) is 0 Å². The fraction of sp³-hybridized carbons (Fsp3) is 0.800. The van der Waals surface area contributed by atoms with Crippen LogP contribution in [-0.4, -0.2) is 28.0 Å². The van der Waals surface area contributed by atoms with Gasteiger partial charge in [0.15, 0.2) is 4.77 Å². The Balaban J connectivity index is 2.32. The zero-order valence-electron chi connectivity index (χ0n) is 9.19. The van der Waals surface area contributed by atoms with E-state index in [2.05, 4.69) is 28.6 Å². The minimum atomic E-state index is 0.363. The second-order valence-electron chi connectivity index (χ2n) is 4.28. The molecule has 0 amide bonds. The molecule has 1 unspecified atom stereocenters. The highest BCUT2D eigenvalue weighted by atomic mass is 32.1. The monoisotopic (exact) mass is 227 g/mol. The second kappa shape index (κ2) is 4.45. The third kappa shape index (κ3) is 2.13. The Bertz CT molecular complexity index is 376. The maximum absolute atomic E-state index is 5.49. The van der Waals surface area contributed by atoms with Gasteiger partial charge < -0.3 is 4.74 Å². The van der Waals surface area contributed by atoms with Gasteiger partial charge in [-0.3, -0.25) is 9.67 Å². The number of nitrogens with zero attached hydrogens (tertiary/aromatic N) is 2. The van der Waals surface area contributed by atoms with Gasteiger partial charge in [0.1, 0.15) is 5.82 Å². The summed E-state index contributed by atoms with van der Waals surface area (Å²) < 4.78 is 8.33. The number of aromatic nitrogens is 3. The topological polar surface area (TPSA) is 42.8 Å². The first-order valence-corrected chi connectivity index (χ1v) is 5.85. The van der Waals surface area contributed by atoms with E-state index in [0.29, 0.717) is 16.7 Å². The molecule has 0 saturated carbocycles. The first kappa shape index (κ1) is 10.8. The highest BCUT2D eigenvalue weighted by Gasteiger charge is 2.21. The van der Waals surface area contributed by atoms with Crippen molar-refractivity contribution in [3.63, 3.8) is 0 Å². The molecule has 15 heavy (non-hydrogen) atoms. The number of hydrogen-bond donors (Lipinski definition) is 1. The SMILES string of the molecule is CC(C)c1n[nH]c(=S)n1C1CCCOC1. The molecule has 1 N–H and O–H groups in total. The van der Waals surface area contributed by atoms with Crippen LogP contribution in [0.15, 0.2) is 0 Å². The maximum Gasteiger partial charge on any atom is 0.195 e. The average molecular weight is 227 g/mol. The normalized spacial score (nSPS) is 22.2. The summed E-state index contributed by atoms with van der Waals surface area (Å²) in [4.78, 5) is 0. The predicted molar refractivity (Wildman–Crippen MR) is 60.6 cm³/mol. The third-order valence-corrected chi connectivity index (χ3v) is 3.04. The van der Waals surface area contributed by atoms with E-state index in [-0.39, 0.29) is 0 Å². The smallest absolute Gasteiger partial charge is 0.195 e. The van der Waals surface area contributed by atoms with Crippen LogP contribution in [0.4, 0.5) is 0 Å². The molecule has 1 atom stereocenters. The number of nitrogens with one attached hydrogen (secondary N) is 1. The minimum absolute atomic E-state index is 0.363. The van der Waals surface area contributed by atoms with Crippen molar-refractivity contribution < 1.29 is 4.74 Å². The second-order valence-corrected chi connectivity index (χ2v) is 4.67. The number of H-pyrrole nitrogens is 1. The van der Waals surface area contributed by atoms with E-state index in [0.717, 1.165) is 31.9 Å². The first-order valence-electron chi connectivity index (χ1n) is 5.44. The summed E-state index contributed by atoms with van der Waals surface area (Å²) in [5, 5.41) is 7.16. The lowest BCUT2D eigenvalue weighted by Crippen LogP contribution is -2.23. The van der Waals surface area contributed by atoms with Gasteiger partial charge in [-0.05, 0) is 25.1 Å². The van der Waals surface area contributed by atoms with Crippen LogP contribution in [0.5, 0.6) is 0 Å². The fourth-order valence-electron chi connectivity index (χ4n) is 2.00. The van der Waals surface area contributed by atoms with Gasteiger partial charge in [-0.1, -0.05) is 13.8 Å². The van der Waals surface area contributed by atoms with Gasteiger partial charge in [0.05, 0.1) is 12.6 Å². The Morgan fingerprint density at radius 1 is 1.60 bits per heavy atom. The van der Waals surface area contributed by atoms with Crippen molar-refractivity contribution in [3.05, 3.63) is 10.6 Å². The van der Waals surface area contributed by atoms with Crippen LogP contribution in [0.3, 0.4) is 0 Å². The largest absolute Gasteiger partial charge is 0.379 e. The van der Waals surface area contributed by atoms with Crippen LogP contribution in [0.25, 0.3) is 0 Å². The van der Waals surface area contributed by atoms with Crippen molar-refractivity contribution in [2.24, 2.45) is 0 Å². The number of aromatic amines is 1. The van der Waals surface area contributed by atoms with Crippen molar-refractivity contribution >= 4 is 12.2 Å². The quantitative estimate of drug-likeness (QED) is 0.789.